The smallest absolute Gasteiger partial charge is 0.254 e. The van der Waals surface area contributed by atoms with Gasteiger partial charge in [0.25, 0.3) is 5.91 Å². The van der Waals surface area contributed by atoms with Crippen LogP contribution < -0.4 is 4.90 Å². The highest BCUT2D eigenvalue weighted by molar-refractivity contribution is 5.94. The van der Waals surface area contributed by atoms with E-state index >= 15 is 0 Å². The van der Waals surface area contributed by atoms with Gasteiger partial charge in [0.2, 0.25) is 5.88 Å². The lowest BCUT2D eigenvalue weighted by Gasteiger charge is -2.29. The van der Waals surface area contributed by atoms with Crippen molar-refractivity contribution >= 4 is 11.8 Å². The van der Waals surface area contributed by atoms with E-state index in [1.54, 1.807) is 35.2 Å². The molecule has 2 fully saturated rings. The lowest BCUT2D eigenvalue weighted by molar-refractivity contribution is 0.0507. The molecular formula is C26H28FN3O4. The second-order valence-electron chi connectivity index (χ2n) is 8.58. The second-order valence-corrected chi connectivity index (χ2v) is 8.58. The minimum atomic E-state index is -0.384. The zero-order chi connectivity index (χ0) is 23.3. The Morgan fingerprint density at radius 2 is 1.82 bits per heavy atom. The van der Waals surface area contributed by atoms with Gasteiger partial charge < -0.3 is 23.8 Å². The highest BCUT2D eigenvalue weighted by Crippen LogP contribution is 2.34. The summed E-state index contributed by atoms with van der Waals surface area (Å²) in [5, 5.41) is 4.27. The lowest BCUT2D eigenvalue weighted by Crippen LogP contribution is -2.39. The molecule has 1 aromatic heterocycles. The number of nitrogens with zero attached hydrogens (tertiary/aromatic N) is 3. The minimum absolute atomic E-state index is 0.0312. The van der Waals surface area contributed by atoms with Crippen molar-refractivity contribution in [3.05, 3.63) is 71.5 Å². The fourth-order valence-corrected chi connectivity index (χ4v) is 4.53. The van der Waals surface area contributed by atoms with Crippen LogP contribution in [-0.2, 0) is 16.0 Å². The second kappa shape index (κ2) is 10.4. The lowest BCUT2D eigenvalue weighted by atomic mass is 10.0. The van der Waals surface area contributed by atoms with Gasteiger partial charge in [0.05, 0.1) is 31.4 Å². The molecule has 0 N–H and O–H groups in total. The SMILES string of the molecule is O=C(c1ccccc1)N(Cc1c(-c2ccccc2F)noc1N1CCOCC1)C[C@H]1CCCO1. The molecule has 7 nitrogen and oxygen atoms in total. The van der Waals surface area contributed by atoms with Crippen molar-refractivity contribution in [2.24, 2.45) is 0 Å². The molecule has 0 radical (unpaired) electrons. The first-order chi connectivity index (χ1) is 16.7. The van der Waals surface area contributed by atoms with Crippen LogP contribution in [0, 0.1) is 5.82 Å². The molecule has 0 saturated carbocycles. The van der Waals surface area contributed by atoms with Gasteiger partial charge in [-0.25, -0.2) is 4.39 Å². The highest BCUT2D eigenvalue weighted by Gasteiger charge is 2.30. The van der Waals surface area contributed by atoms with Crippen LogP contribution in [0.25, 0.3) is 11.3 Å². The van der Waals surface area contributed by atoms with E-state index < -0.39 is 0 Å². The van der Waals surface area contributed by atoms with Crippen molar-refractivity contribution in [1.29, 1.82) is 0 Å². The zero-order valence-electron chi connectivity index (χ0n) is 19.0. The molecule has 2 aliphatic heterocycles. The van der Waals surface area contributed by atoms with E-state index in [4.69, 9.17) is 14.0 Å². The fourth-order valence-electron chi connectivity index (χ4n) is 4.53. The van der Waals surface area contributed by atoms with Crippen LogP contribution in [-0.4, -0.2) is 61.5 Å². The maximum Gasteiger partial charge on any atom is 0.254 e. The standard InChI is InChI=1S/C26H28FN3O4/c27-23-11-5-4-10-21(23)24-22(26(34-28-24)29-12-15-32-16-13-29)18-30(17-20-9-6-14-33-20)25(31)19-7-2-1-3-8-19/h1-5,7-8,10-11,20H,6,9,12-18H2/t20-/m1/s1. The van der Waals surface area contributed by atoms with Crippen LogP contribution in [0.2, 0.25) is 0 Å². The molecule has 3 heterocycles. The molecule has 2 aliphatic rings. The minimum Gasteiger partial charge on any atom is -0.378 e. The summed E-state index contributed by atoms with van der Waals surface area (Å²) in [6.45, 7) is 3.78. The summed E-state index contributed by atoms with van der Waals surface area (Å²) in [6, 6.07) is 15.7. The number of carbonyl (C=O) groups excluding carboxylic acids is 1. The van der Waals surface area contributed by atoms with Crippen LogP contribution in [0.4, 0.5) is 10.3 Å². The summed E-state index contributed by atoms with van der Waals surface area (Å²) in [5.41, 5.74) is 2.05. The Labute approximate surface area is 198 Å². The van der Waals surface area contributed by atoms with Crippen molar-refractivity contribution in [3.8, 4) is 11.3 Å². The van der Waals surface area contributed by atoms with Crippen LogP contribution >= 0.6 is 0 Å². The third-order valence-electron chi connectivity index (χ3n) is 6.30. The van der Waals surface area contributed by atoms with Crippen LogP contribution in [0.5, 0.6) is 0 Å². The molecule has 2 saturated heterocycles. The summed E-state index contributed by atoms with van der Waals surface area (Å²) in [4.78, 5) is 17.4. The molecule has 0 aliphatic carbocycles. The maximum atomic E-state index is 14.8. The number of carbonyl (C=O) groups is 1. The van der Waals surface area contributed by atoms with Gasteiger partial charge in [-0.15, -0.1) is 0 Å². The Morgan fingerprint density at radius 3 is 2.56 bits per heavy atom. The molecule has 0 unspecified atom stereocenters. The molecule has 5 rings (SSSR count). The number of anilines is 1. The average molecular weight is 466 g/mol. The number of rotatable bonds is 7. The highest BCUT2D eigenvalue weighted by atomic mass is 19.1. The maximum absolute atomic E-state index is 14.8. The van der Waals surface area contributed by atoms with Crippen molar-refractivity contribution in [3.63, 3.8) is 0 Å². The number of halogens is 1. The largest absolute Gasteiger partial charge is 0.378 e. The Hall–Kier alpha value is -3.23. The molecule has 0 spiro atoms. The van der Waals surface area contributed by atoms with Gasteiger partial charge in [0.15, 0.2) is 0 Å². The van der Waals surface area contributed by atoms with E-state index in [1.807, 2.05) is 23.1 Å². The van der Waals surface area contributed by atoms with E-state index in [0.29, 0.717) is 67.7 Å². The van der Waals surface area contributed by atoms with E-state index in [9.17, 15) is 9.18 Å². The normalized spacial score (nSPS) is 18.3. The van der Waals surface area contributed by atoms with Crippen molar-refractivity contribution in [2.45, 2.75) is 25.5 Å². The molecule has 0 bridgehead atoms. The van der Waals surface area contributed by atoms with Crippen molar-refractivity contribution in [2.75, 3.05) is 44.4 Å². The van der Waals surface area contributed by atoms with Gasteiger partial charge in [-0.05, 0) is 37.1 Å². The molecule has 3 aromatic rings. The van der Waals surface area contributed by atoms with Gasteiger partial charge in [0, 0.05) is 37.4 Å². The number of morpholine rings is 1. The topological polar surface area (TPSA) is 68.0 Å². The van der Waals surface area contributed by atoms with Crippen molar-refractivity contribution in [1.82, 2.24) is 10.1 Å². The zero-order valence-corrected chi connectivity index (χ0v) is 19.0. The first-order valence-electron chi connectivity index (χ1n) is 11.7. The monoisotopic (exact) mass is 465 g/mol. The molecule has 1 amide bonds. The Balaban J connectivity index is 1.53. The summed E-state index contributed by atoms with van der Waals surface area (Å²) in [6.07, 6.45) is 1.85. The Bertz CT molecular complexity index is 1110. The molecule has 34 heavy (non-hydrogen) atoms. The number of hydrogen-bond donors (Lipinski definition) is 0. The Kier molecular flexibility index (Phi) is 6.87. The summed E-state index contributed by atoms with van der Waals surface area (Å²) in [5.74, 6) is 0.0649. The van der Waals surface area contributed by atoms with Gasteiger partial charge in [-0.2, -0.15) is 0 Å². The first kappa shape index (κ1) is 22.6. The number of hydrogen-bond acceptors (Lipinski definition) is 6. The predicted molar refractivity (Wildman–Crippen MR) is 125 cm³/mol. The first-order valence-corrected chi connectivity index (χ1v) is 11.7. The Morgan fingerprint density at radius 1 is 1.06 bits per heavy atom. The van der Waals surface area contributed by atoms with Crippen LogP contribution in [0.3, 0.4) is 0 Å². The number of aromatic nitrogens is 1. The van der Waals surface area contributed by atoms with E-state index in [1.165, 1.54) is 6.07 Å². The van der Waals surface area contributed by atoms with Crippen LogP contribution in [0.1, 0.15) is 28.8 Å². The fraction of sp³-hybridized carbons (Fsp3) is 0.385. The molecular weight excluding hydrogens is 437 g/mol. The average Bonchev–Trinajstić information content (AvgIpc) is 3.55. The number of benzene rings is 2. The van der Waals surface area contributed by atoms with Gasteiger partial charge in [-0.3, -0.25) is 4.79 Å². The predicted octanol–water partition coefficient (Wildman–Crippen LogP) is 4.14. The molecule has 8 heteroatoms. The quantitative estimate of drug-likeness (QED) is 0.523. The molecule has 2 aromatic carbocycles. The van der Waals surface area contributed by atoms with Gasteiger partial charge >= 0.3 is 0 Å². The third-order valence-corrected chi connectivity index (χ3v) is 6.30. The molecule has 1 atom stereocenters. The van der Waals surface area contributed by atoms with Crippen LogP contribution in [0.15, 0.2) is 59.1 Å². The number of amides is 1. The van der Waals surface area contributed by atoms with Gasteiger partial charge in [0.1, 0.15) is 11.5 Å². The number of ether oxygens (including phenoxy) is 2. The van der Waals surface area contributed by atoms with E-state index in [0.717, 1.165) is 12.8 Å². The van der Waals surface area contributed by atoms with Crippen molar-refractivity contribution < 1.29 is 23.2 Å². The third kappa shape index (κ3) is 4.83. The molecule has 178 valence electrons. The van der Waals surface area contributed by atoms with E-state index in [2.05, 4.69) is 5.16 Å². The summed E-state index contributed by atoms with van der Waals surface area (Å²) < 4.78 is 31.9. The van der Waals surface area contributed by atoms with E-state index in [-0.39, 0.29) is 24.4 Å². The summed E-state index contributed by atoms with van der Waals surface area (Å²) in [7, 11) is 0. The summed E-state index contributed by atoms with van der Waals surface area (Å²) >= 11 is 0. The van der Waals surface area contributed by atoms with Gasteiger partial charge in [-0.1, -0.05) is 35.5 Å².